The molecule has 0 bridgehead atoms. The van der Waals surface area contributed by atoms with E-state index in [0.29, 0.717) is 24.5 Å². The number of carbonyl (C=O) groups excluding carboxylic acids is 1. The lowest BCUT2D eigenvalue weighted by Crippen LogP contribution is -2.10. The van der Waals surface area contributed by atoms with Crippen LogP contribution >= 0.6 is 0 Å². The van der Waals surface area contributed by atoms with Gasteiger partial charge >= 0.3 is 5.97 Å². The molecular formula is C18H21BO3. The summed E-state index contributed by atoms with van der Waals surface area (Å²) in [5, 5.41) is 0. The number of aryl methyl sites for hydroxylation is 1. The largest absolute Gasteiger partial charge is 0.488 e. The Morgan fingerprint density at radius 2 is 1.86 bits per heavy atom. The van der Waals surface area contributed by atoms with Crippen LogP contribution in [0.3, 0.4) is 0 Å². The van der Waals surface area contributed by atoms with Crippen LogP contribution in [0.15, 0.2) is 48.5 Å². The number of benzene rings is 2. The molecule has 2 aromatic rings. The molecule has 22 heavy (non-hydrogen) atoms. The van der Waals surface area contributed by atoms with Gasteiger partial charge in [-0.15, -0.1) is 0 Å². The molecule has 2 aromatic carbocycles. The van der Waals surface area contributed by atoms with Crippen LogP contribution in [0.5, 0.6) is 5.75 Å². The first-order chi connectivity index (χ1) is 10.7. The quantitative estimate of drug-likeness (QED) is 0.444. The highest BCUT2D eigenvalue weighted by atomic mass is 16.5. The summed E-state index contributed by atoms with van der Waals surface area (Å²) in [4.78, 5) is 12.2. The van der Waals surface area contributed by atoms with Gasteiger partial charge in [-0.25, -0.2) is 4.79 Å². The molecule has 0 saturated heterocycles. The van der Waals surface area contributed by atoms with Crippen LogP contribution in [0.2, 0.25) is 13.1 Å². The molecule has 0 fully saturated rings. The third-order valence-electron chi connectivity index (χ3n) is 3.39. The van der Waals surface area contributed by atoms with Crippen LogP contribution in [-0.2, 0) is 11.3 Å². The zero-order valence-corrected chi connectivity index (χ0v) is 13.2. The first-order valence-corrected chi connectivity index (χ1v) is 7.66. The number of esters is 1. The van der Waals surface area contributed by atoms with Gasteiger partial charge in [0.25, 0.3) is 0 Å². The van der Waals surface area contributed by atoms with Gasteiger partial charge in [-0.2, -0.15) is 0 Å². The van der Waals surface area contributed by atoms with Crippen molar-refractivity contribution in [2.24, 2.45) is 0 Å². The van der Waals surface area contributed by atoms with Crippen LogP contribution in [0, 0.1) is 6.92 Å². The minimum Gasteiger partial charge on any atom is -0.488 e. The molecule has 0 unspecified atom stereocenters. The number of para-hydroxylation sites is 1. The molecular weight excluding hydrogens is 275 g/mol. The van der Waals surface area contributed by atoms with Gasteiger partial charge < -0.3 is 9.47 Å². The third kappa shape index (κ3) is 4.38. The Labute approximate surface area is 132 Å². The Morgan fingerprint density at radius 3 is 2.59 bits per heavy atom. The Bertz CT molecular complexity index is 611. The predicted octanol–water partition coefficient (Wildman–Crippen LogP) is 3.63. The van der Waals surface area contributed by atoms with Gasteiger partial charge in [-0.05, 0) is 30.4 Å². The van der Waals surface area contributed by atoms with E-state index in [2.05, 4.69) is 6.82 Å². The van der Waals surface area contributed by atoms with Gasteiger partial charge in [0, 0.05) is 0 Å². The zero-order valence-electron chi connectivity index (χ0n) is 13.2. The molecule has 0 spiro atoms. The number of hydrogen-bond acceptors (Lipinski definition) is 3. The molecule has 0 radical (unpaired) electrons. The van der Waals surface area contributed by atoms with E-state index in [-0.39, 0.29) is 5.97 Å². The maximum absolute atomic E-state index is 12.2. The highest BCUT2D eigenvalue weighted by molar-refractivity contribution is 6.33. The number of rotatable bonds is 7. The van der Waals surface area contributed by atoms with Gasteiger partial charge in [-0.3, -0.25) is 0 Å². The predicted molar refractivity (Wildman–Crippen MR) is 90.1 cm³/mol. The lowest BCUT2D eigenvalue weighted by Gasteiger charge is -2.13. The highest BCUT2D eigenvalue weighted by Crippen LogP contribution is 2.25. The van der Waals surface area contributed by atoms with Crippen LogP contribution < -0.4 is 4.74 Å². The molecule has 0 aliphatic heterocycles. The molecule has 114 valence electrons. The van der Waals surface area contributed by atoms with E-state index >= 15 is 0 Å². The molecule has 0 atom stereocenters. The molecule has 0 aromatic heterocycles. The molecule has 2 rings (SSSR count). The Balaban J connectivity index is 2.10. The monoisotopic (exact) mass is 296 g/mol. The summed E-state index contributed by atoms with van der Waals surface area (Å²) < 4.78 is 11.2. The first kappa shape index (κ1) is 16.2. The third-order valence-corrected chi connectivity index (χ3v) is 3.39. The summed E-state index contributed by atoms with van der Waals surface area (Å²) in [6.07, 6.45) is 0.873. The van der Waals surface area contributed by atoms with Crippen molar-refractivity contribution in [1.29, 1.82) is 0 Å². The van der Waals surface area contributed by atoms with E-state index < -0.39 is 0 Å². The fraction of sp³-hybridized carbons (Fsp3) is 0.278. The van der Waals surface area contributed by atoms with Crippen molar-refractivity contribution in [2.75, 3.05) is 6.61 Å². The van der Waals surface area contributed by atoms with E-state index in [4.69, 9.17) is 9.47 Å². The number of hydrogen-bond donors (Lipinski definition) is 0. The Morgan fingerprint density at radius 1 is 1.09 bits per heavy atom. The average molecular weight is 296 g/mol. The summed E-state index contributed by atoms with van der Waals surface area (Å²) in [5.74, 6) is 0.285. The number of ether oxygens (including phenoxy) is 2. The van der Waals surface area contributed by atoms with Crippen molar-refractivity contribution in [3.05, 3.63) is 65.2 Å². The van der Waals surface area contributed by atoms with Crippen LogP contribution in [-0.4, -0.2) is 19.9 Å². The molecule has 0 aliphatic carbocycles. The maximum atomic E-state index is 12.2. The van der Waals surface area contributed by atoms with E-state index in [1.165, 1.54) is 0 Å². The molecule has 3 nitrogen and oxygen atoms in total. The molecule has 0 aliphatic rings. The van der Waals surface area contributed by atoms with E-state index in [9.17, 15) is 4.79 Å². The fourth-order valence-corrected chi connectivity index (χ4v) is 2.12. The summed E-state index contributed by atoms with van der Waals surface area (Å²) in [7, 11) is 0.998. The minimum atomic E-state index is -0.319. The van der Waals surface area contributed by atoms with Gasteiger partial charge in [0.15, 0.2) is 0 Å². The van der Waals surface area contributed by atoms with Gasteiger partial charge in [0.1, 0.15) is 25.2 Å². The standard InChI is InChI=1S/C18H21BO3/c1-14-7-6-10-16(18(20)21-12-11-19-2)17(14)22-13-15-8-4-3-5-9-15/h3-10,19H,11-13H2,1-2H3. The lowest BCUT2D eigenvalue weighted by molar-refractivity contribution is 0.0521. The molecule has 0 heterocycles. The second-order valence-electron chi connectivity index (χ2n) is 5.22. The normalized spacial score (nSPS) is 10.1. The molecule has 4 heteroatoms. The maximum Gasteiger partial charge on any atom is 0.341 e. The topological polar surface area (TPSA) is 35.5 Å². The van der Waals surface area contributed by atoms with Crippen molar-refractivity contribution in [3.8, 4) is 5.75 Å². The van der Waals surface area contributed by atoms with Crippen molar-refractivity contribution in [3.63, 3.8) is 0 Å². The molecule has 0 N–H and O–H groups in total. The second kappa shape index (κ2) is 8.27. The fourth-order valence-electron chi connectivity index (χ4n) is 2.12. The lowest BCUT2D eigenvalue weighted by atomic mass is 9.79. The second-order valence-corrected chi connectivity index (χ2v) is 5.22. The van der Waals surface area contributed by atoms with E-state index in [1.807, 2.05) is 49.4 Å². The minimum absolute atomic E-state index is 0.319. The highest BCUT2D eigenvalue weighted by Gasteiger charge is 2.16. The van der Waals surface area contributed by atoms with Gasteiger partial charge in [0.2, 0.25) is 0 Å². The summed E-state index contributed by atoms with van der Waals surface area (Å²) in [5.41, 5.74) is 2.49. The van der Waals surface area contributed by atoms with Gasteiger partial charge in [-0.1, -0.05) is 49.3 Å². The first-order valence-electron chi connectivity index (χ1n) is 7.66. The van der Waals surface area contributed by atoms with Crippen molar-refractivity contribution >= 4 is 13.2 Å². The van der Waals surface area contributed by atoms with Crippen LogP contribution in [0.25, 0.3) is 0 Å². The smallest absolute Gasteiger partial charge is 0.341 e. The molecule has 0 amide bonds. The SMILES string of the molecule is CBCCOC(=O)c1cccc(C)c1OCc1ccccc1. The Kier molecular flexibility index (Phi) is 6.07. The van der Waals surface area contributed by atoms with Crippen molar-refractivity contribution in [1.82, 2.24) is 0 Å². The van der Waals surface area contributed by atoms with E-state index in [0.717, 1.165) is 24.7 Å². The average Bonchev–Trinajstić information content (AvgIpc) is 2.54. The molecule has 0 saturated carbocycles. The number of carbonyl (C=O) groups is 1. The summed E-state index contributed by atoms with van der Waals surface area (Å²) in [6, 6.07) is 15.4. The van der Waals surface area contributed by atoms with Crippen LogP contribution in [0.1, 0.15) is 21.5 Å². The summed E-state index contributed by atoms with van der Waals surface area (Å²) in [6.45, 7) is 4.88. The van der Waals surface area contributed by atoms with E-state index in [1.54, 1.807) is 6.07 Å². The summed E-state index contributed by atoms with van der Waals surface area (Å²) >= 11 is 0. The van der Waals surface area contributed by atoms with Crippen molar-refractivity contribution in [2.45, 2.75) is 26.7 Å². The zero-order chi connectivity index (χ0) is 15.8. The van der Waals surface area contributed by atoms with Gasteiger partial charge in [0.05, 0.1) is 6.61 Å². The van der Waals surface area contributed by atoms with Crippen molar-refractivity contribution < 1.29 is 14.3 Å². The Hall–Kier alpha value is -2.23. The van der Waals surface area contributed by atoms with Crippen LogP contribution in [0.4, 0.5) is 0 Å².